The molecule has 1 amide bonds. The van der Waals surface area contributed by atoms with Crippen LogP contribution in [0.25, 0.3) is 0 Å². The molecule has 1 heterocycles. The fourth-order valence-corrected chi connectivity index (χ4v) is 3.51. The van der Waals surface area contributed by atoms with Gasteiger partial charge in [0.1, 0.15) is 5.75 Å². The van der Waals surface area contributed by atoms with Crippen molar-refractivity contribution in [2.45, 2.75) is 19.3 Å². The van der Waals surface area contributed by atoms with E-state index in [1.807, 2.05) is 29.2 Å². The van der Waals surface area contributed by atoms with Gasteiger partial charge in [-0.2, -0.15) is 0 Å². The molecule has 1 atom stereocenters. The van der Waals surface area contributed by atoms with E-state index in [9.17, 15) is 4.79 Å². The molecule has 1 saturated heterocycles. The van der Waals surface area contributed by atoms with Crippen molar-refractivity contribution in [1.82, 2.24) is 9.80 Å². The van der Waals surface area contributed by atoms with Gasteiger partial charge in [0.05, 0.1) is 12.7 Å². The first-order valence-electron chi connectivity index (χ1n) is 9.68. The lowest BCUT2D eigenvalue weighted by molar-refractivity contribution is -0.159. The number of carboxylic acids is 2. The van der Waals surface area contributed by atoms with E-state index >= 15 is 0 Å². The minimum atomic E-state index is -1.82. The van der Waals surface area contributed by atoms with Gasteiger partial charge in [-0.1, -0.05) is 24.3 Å². The maximum Gasteiger partial charge on any atom is 0.414 e. The standard InChI is InChI=1S/C19H26N2O2.C2H2O4/c1-23-18-10-6-5-9-17(18)19(22)21-13-11-20(12-14-21)15-16-7-3-2-4-8-16;3-1(4)2(5)6/h2-3,5-6,9-10,16H,4,7-8,11-15H2,1H3;(H,3,4)(H,5,6). The van der Waals surface area contributed by atoms with Crippen LogP contribution in [-0.2, 0) is 9.59 Å². The summed E-state index contributed by atoms with van der Waals surface area (Å²) in [6.45, 7) is 4.72. The molecule has 1 aliphatic carbocycles. The fourth-order valence-electron chi connectivity index (χ4n) is 3.51. The Hall–Kier alpha value is -2.87. The molecule has 3 rings (SSSR count). The summed E-state index contributed by atoms with van der Waals surface area (Å²) in [5.74, 6) is -2.11. The van der Waals surface area contributed by atoms with E-state index < -0.39 is 11.9 Å². The number of hydrogen-bond acceptors (Lipinski definition) is 5. The lowest BCUT2D eigenvalue weighted by Gasteiger charge is -2.37. The van der Waals surface area contributed by atoms with Gasteiger partial charge in [0, 0.05) is 32.7 Å². The van der Waals surface area contributed by atoms with Crippen LogP contribution < -0.4 is 4.74 Å². The molecule has 158 valence electrons. The smallest absolute Gasteiger partial charge is 0.414 e. The molecule has 0 spiro atoms. The SMILES string of the molecule is COc1ccccc1C(=O)N1CCN(CC2CC=CCC2)CC1.O=C(O)C(=O)O. The van der Waals surface area contributed by atoms with E-state index in [2.05, 4.69) is 17.1 Å². The van der Waals surface area contributed by atoms with Gasteiger partial charge in [-0.05, 0) is 37.3 Å². The van der Waals surface area contributed by atoms with E-state index in [1.54, 1.807) is 7.11 Å². The van der Waals surface area contributed by atoms with Gasteiger partial charge in [0.2, 0.25) is 0 Å². The molecule has 1 aromatic carbocycles. The summed E-state index contributed by atoms with van der Waals surface area (Å²) in [5, 5.41) is 14.8. The highest BCUT2D eigenvalue weighted by atomic mass is 16.5. The molecule has 1 unspecified atom stereocenters. The fraction of sp³-hybridized carbons (Fsp3) is 0.476. The number of para-hydroxylation sites is 1. The summed E-state index contributed by atoms with van der Waals surface area (Å²) in [4.78, 5) is 35.4. The van der Waals surface area contributed by atoms with Gasteiger partial charge in [0.15, 0.2) is 0 Å². The number of benzene rings is 1. The zero-order valence-electron chi connectivity index (χ0n) is 16.6. The minimum absolute atomic E-state index is 0.0858. The van der Waals surface area contributed by atoms with Crippen LogP contribution in [0.2, 0.25) is 0 Å². The number of allylic oxidation sites excluding steroid dienone is 2. The molecule has 0 bridgehead atoms. The van der Waals surface area contributed by atoms with Crippen molar-refractivity contribution in [2.75, 3.05) is 39.8 Å². The number of carbonyl (C=O) groups is 3. The Morgan fingerprint density at radius 1 is 1.03 bits per heavy atom. The molecule has 2 aliphatic rings. The third kappa shape index (κ3) is 6.90. The van der Waals surface area contributed by atoms with Crippen molar-refractivity contribution in [2.24, 2.45) is 5.92 Å². The van der Waals surface area contributed by atoms with Gasteiger partial charge < -0.3 is 19.8 Å². The summed E-state index contributed by atoms with van der Waals surface area (Å²) in [7, 11) is 1.61. The van der Waals surface area contributed by atoms with E-state index in [-0.39, 0.29) is 5.91 Å². The third-order valence-corrected chi connectivity index (χ3v) is 5.07. The molecule has 8 heteroatoms. The maximum absolute atomic E-state index is 12.7. The Labute approximate surface area is 170 Å². The molecular weight excluding hydrogens is 376 g/mol. The number of methoxy groups -OCH3 is 1. The topological polar surface area (TPSA) is 107 Å². The predicted molar refractivity (Wildman–Crippen MR) is 107 cm³/mol. The number of nitrogens with zero attached hydrogens (tertiary/aromatic N) is 2. The molecule has 8 nitrogen and oxygen atoms in total. The Balaban J connectivity index is 0.000000438. The summed E-state index contributed by atoms with van der Waals surface area (Å²) in [6.07, 6.45) is 8.34. The molecule has 0 radical (unpaired) electrons. The molecule has 1 aromatic rings. The first-order valence-corrected chi connectivity index (χ1v) is 9.68. The number of amides is 1. The van der Waals surface area contributed by atoms with Crippen LogP contribution in [0.15, 0.2) is 36.4 Å². The predicted octanol–water partition coefficient (Wildman–Crippen LogP) is 1.96. The average molecular weight is 404 g/mol. The molecule has 1 aliphatic heterocycles. The summed E-state index contributed by atoms with van der Waals surface area (Å²) in [6, 6.07) is 7.48. The normalized spacial score (nSPS) is 19.1. The molecule has 29 heavy (non-hydrogen) atoms. The number of carbonyl (C=O) groups excluding carboxylic acids is 1. The Morgan fingerprint density at radius 2 is 1.69 bits per heavy atom. The number of hydrogen-bond donors (Lipinski definition) is 2. The number of ether oxygens (including phenoxy) is 1. The molecule has 0 aromatic heterocycles. The average Bonchev–Trinajstić information content (AvgIpc) is 2.75. The number of rotatable bonds is 4. The van der Waals surface area contributed by atoms with Crippen molar-refractivity contribution in [3.63, 3.8) is 0 Å². The lowest BCUT2D eigenvalue weighted by atomic mass is 9.94. The first kappa shape index (κ1) is 22.4. The van der Waals surface area contributed by atoms with Crippen LogP contribution in [0.4, 0.5) is 0 Å². The summed E-state index contributed by atoms with van der Waals surface area (Å²) >= 11 is 0. The molecule has 0 saturated carbocycles. The molecule has 2 N–H and O–H groups in total. The van der Waals surface area contributed by atoms with Gasteiger partial charge >= 0.3 is 11.9 Å². The zero-order chi connectivity index (χ0) is 21.2. The molecule has 1 fully saturated rings. The first-order chi connectivity index (χ1) is 13.9. The highest BCUT2D eigenvalue weighted by molar-refractivity contribution is 6.27. The van der Waals surface area contributed by atoms with Crippen molar-refractivity contribution in [3.05, 3.63) is 42.0 Å². The van der Waals surface area contributed by atoms with Crippen molar-refractivity contribution < 1.29 is 29.3 Å². The Bertz CT molecular complexity index is 728. The second kappa shape index (κ2) is 11.2. The van der Waals surface area contributed by atoms with Crippen LogP contribution in [0.3, 0.4) is 0 Å². The van der Waals surface area contributed by atoms with Gasteiger partial charge in [0.25, 0.3) is 5.91 Å². The maximum atomic E-state index is 12.7. The third-order valence-electron chi connectivity index (χ3n) is 5.07. The second-order valence-electron chi connectivity index (χ2n) is 7.05. The molecular formula is C21H28N2O6. The monoisotopic (exact) mass is 404 g/mol. The number of carboxylic acid groups (broad SMARTS) is 2. The van der Waals surface area contributed by atoms with Crippen LogP contribution in [0.5, 0.6) is 5.75 Å². The van der Waals surface area contributed by atoms with Gasteiger partial charge in [-0.3, -0.25) is 9.69 Å². The highest BCUT2D eigenvalue weighted by Gasteiger charge is 2.25. The number of aliphatic carboxylic acids is 2. The van der Waals surface area contributed by atoms with E-state index in [4.69, 9.17) is 24.5 Å². The Morgan fingerprint density at radius 3 is 2.24 bits per heavy atom. The quantitative estimate of drug-likeness (QED) is 0.583. The van der Waals surface area contributed by atoms with Crippen LogP contribution in [0.1, 0.15) is 29.6 Å². The van der Waals surface area contributed by atoms with Crippen molar-refractivity contribution in [3.8, 4) is 5.75 Å². The van der Waals surface area contributed by atoms with E-state index in [0.29, 0.717) is 11.3 Å². The van der Waals surface area contributed by atoms with Crippen molar-refractivity contribution >= 4 is 17.8 Å². The second-order valence-corrected chi connectivity index (χ2v) is 7.05. The zero-order valence-corrected chi connectivity index (χ0v) is 16.6. The summed E-state index contributed by atoms with van der Waals surface area (Å²) < 4.78 is 5.31. The van der Waals surface area contributed by atoms with E-state index in [0.717, 1.165) is 32.1 Å². The van der Waals surface area contributed by atoms with Crippen molar-refractivity contribution in [1.29, 1.82) is 0 Å². The Kier molecular flexibility index (Phi) is 8.67. The van der Waals surface area contributed by atoms with Gasteiger partial charge in [-0.15, -0.1) is 0 Å². The largest absolute Gasteiger partial charge is 0.496 e. The van der Waals surface area contributed by atoms with Gasteiger partial charge in [-0.25, -0.2) is 9.59 Å². The van der Waals surface area contributed by atoms with Crippen LogP contribution >= 0.6 is 0 Å². The van der Waals surface area contributed by atoms with Crippen LogP contribution in [0, 0.1) is 5.92 Å². The van der Waals surface area contributed by atoms with E-state index in [1.165, 1.54) is 25.8 Å². The minimum Gasteiger partial charge on any atom is -0.496 e. The lowest BCUT2D eigenvalue weighted by Crippen LogP contribution is -2.49. The van der Waals surface area contributed by atoms with Crippen LogP contribution in [-0.4, -0.2) is 77.7 Å². The highest BCUT2D eigenvalue weighted by Crippen LogP contribution is 2.22. The number of piperazine rings is 1. The summed E-state index contributed by atoms with van der Waals surface area (Å²) in [5.41, 5.74) is 0.667.